The number of nitrogen functional groups attached to an aromatic ring is 1. The third-order valence-corrected chi connectivity index (χ3v) is 5.68. The zero-order chi connectivity index (χ0) is 27.2. The maximum absolute atomic E-state index is 15.2. The lowest BCUT2D eigenvalue weighted by Gasteiger charge is -2.22. The number of carbonyl (C=O) groups excluding carboxylic acids is 1. The number of alkyl carbamates (subject to hydrolysis) is 1. The Morgan fingerprint density at radius 3 is 2.51 bits per heavy atom. The molecule has 1 atom stereocenters. The molecule has 13 heteroatoms. The summed E-state index contributed by atoms with van der Waals surface area (Å²) in [6.45, 7) is 5.59. The van der Waals surface area contributed by atoms with Crippen molar-refractivity contribution in [2.24, 2.45) is 0 Å². The number of hydrogen-bond acceptors (Lipinski definition) is 7. The molecule has 0 spiro atoms. The van der Waals surface area contributed by atoms with Crippen LogP contribution in [0.4, 0.5) is 29.5 Å². The van der Waals surface area contributed by atoms with Crippen molar-refractivity contribution in [2.75, 3.05) is 23.7 Å². The molecular weight excluding hydrogens is 495 g/mol. The van der Waals surface area contributed by atoms with Crippen molar-refractivity contribution in [2.45, 2.75) is 38.8 Å². The molecule has 1 aliphatic heterocycles. The van der Waals surface area contributed by atoms with Gasteiger partial charge in [0.15, 0.2) is 17.3 Å². The van der Waals surface area contributed by atoms with Crippen molar-refractivity contribution in [1.29, 1.82) is 0 Å². The van der Waals surface area contributed by atoms with E-state index >= 15 is 4.39 Å². The number of halogens is 3. The highest BCUT2D eigenvalue weighted by Crippen LogP contribution is 2.28. The van der Waals surface area contributed by atoms with Crippen LogP contribution in [0.15, 0.2) is 29.2 Å². The second kappa shape index (κ2) is 9.30. The second-order valence-electron chi connectivity index (χ2n) is 9.61. The smallest absolute Gasteiger partial charge is 0.407 e. The van der Waals surface area contributed by atoms with E-state index in [9.17, 15) is 28.3 Å². The van der Waals surface area contributed by atoms with Crippen LogP contribution in [0.2, 0.25) is 0 Å². The van der Waals surface area contributed by atoms with Crippen LogP contribution in [-0.2, 0) is 4.74 Å². The number of carboxylic acid groups (broad SMARTS) is 1. The van der Waals surface area contributed by atoms with Gasteiger partial charge in [0.05, 0.1) is 22.8 Å². The van der Waals surface area contributed by atoms with Gasteiger partial charge in [-0.1, -0.05) is 0 Å². The van der Waals surface area contributed by atoms with Gasteiger partial charge in [0.2, 0.25) is 5.43 Å². The Kier molecular flexibility index (Phi) is 6.48. The van der Waals surface area contributed by atoms with E-state index < -0.39 is 63.2 Å². The highest BCUT2D eigenvalue weighted by atomic mass is 19.1. The molecule has 3 aromatic rings. The summed E-state index contributed by atoms with van der Waals surface area (Å²) in [5, 5.41) is 11.8. The summed E-state index contributed by atoms with van der Waals surface area (Å²) in [6, 6.07) is 1.86. The van der Waals surface area contributed by atoms with Gasteiger partial charge in [0.1, 0.15) is 22.8 Å². The van der Waals surface area contributed by atoms with Gasteiger partial charge < -0.3 is 25.8 Å². The number of nitrogens with two attached hydrogens (primary N) is 1. The summed E-state index contributed by atoms with van der Waals surface area (Å²) in [5.41, 5.74) is 1.99. The monoisotopic (exact) mass is 519 g/mol. The van der Waals surface area contributed by atoms with Crippen LogP contribution in [-0.4, -0.2) is 51.5 Å². The molecular formula is C24H24F3N5O5. The number of hydrogen-bond donors (Lipinski definition) is 3. The molecule has 1 aliphatic rings. The first-order valence-corrected chi connectivity index (χ1v) is 11.2. The number of pyridine rings is 2. The maximum atomic E-state index is 15.2. The van der Waals surface area contributed by atoms with Gasteiger partial charge in [-0.3, -0.25) is 9.36 Å². The van der Waals surface area contributed by atoms with Crippen LogP contribution < -0.4 is 21.4 Å². The first-order chi connectivity index (χ1) is 17.2. The van der Waals surface area contributed by atoms with Crippen LogP contribution in [0.1, 0.15) is 37.6 Å². The summed E-state index contributed by atoms with van der Waals surface area (Å²) in [7, 11) is 0. The summed E-state index contributed by atoms with van der Waals surface area (Å²) in [4.78, 5) is 42.3. The Morgan fingerprint density at radius 2 is 1.86 bits per heavy atom. The van der Waals surface area contributed by atoms with Crippen molar-refractivity contribution in [3.63, 3.8) is 0 Å². The van der Waals surface area contributed by atoms with Gasteiger partial charge in [-0.05, 0) is 39.3 Å². The lowest BCUT2D eigenvalue weighted by atomic mass is 10.1. The number of carbonyl (C=O) groups is 2. The van der Waals surface area contributed by atoms with Crippen LogP contribution in [0.5, 0.6) is 0 Å². The second-order valence-corrected chi connectivity index (χ2v) is 9.61. The Hall–Kier alpha value is -4.29. The zero-order valence-electron chi connectivity index (χ0n) is 20.1. The number of benzene rings is 1. The van der Waals surface area contributed by atoms with Crippen LogP contribution in [0.3, 0.4) is 0 Å². The highest BCUT2D eigenvalue weighted by molar-refractivity contribution is 5.92. The largest absolute Gasteiger partial charge is 0.477 e. The molecule has 3 heterocycles. The van der Waals surface area contributed by atoms with E-state index in [1.165, 1.54) is 4.90 Å². The number of nitrogens with zero attached hydrogens (tertiary/aromatic N) is 3. The fourth-order valence-corrected chi connectivity index (χ4v) is 4.06. The minimum atomic E-state index is -1.63. The fourth-order valence-electron chi connectivity index (χ4n) is 4.06. The van der Waals surface area contributed by atoms with Crippen molar-refractivity contribution >= 4 is 34.6 Å². The quantitative estimate of drug-likeness (QED) is 0.447. The summed E-state index contributed by atoms with van der Waals surface area (Å²) in [5.74, 6) is -4.89. The van der Waals surface area contributed by atoms with Crippen molar-refractivity contribution in [3.05, 3.63) is 57.6 Å². The highest BCUT2D eigenvalue weighted by Gasteiger charge is 2.30. The zero-order valence-corrected chi connectivity index (χ0v) is 20.1. The number of fused-ring (bicyclic) bond motifs is 1. The van der Waals surface area contributed by atoms with Crippen molar-refractivity contribution < 1.29 is 32.6 Å². The summed E-state index contributed by atoms with van der Waals surface area (Å²) in [6.07, 6.45) is 0.631. The molecule has 2 aromatic heterocycles. The molecule has 1 amide bonds. The van der Waals surface area contributed by atoms with E-state index in [0.29, 0.717) is 12.5 Å². The number of aromatic carboxylic acids is 1. The Balaban J connectivity index is 1.79. The normalized spacial score (nSPS) is 15.7. The van der Waals surface area contributed by atoms with Crippen LogP contribution >= 0.6 is 0 Å². The third kappa shape index (κ3) is 5.15. The van der Waals surface area contributed by atoms with Crippen molar-refractivity contribution in [3.8, 4) is 5.69 Å². The summed E-state index contributed by atoms with van der Waals surface area (Å²) < 4.78 is 49.8. The van der Waals surface area contributed by atoms with E-state index in [1.54, 1.807) is 20.8 Å². The average Bonchev–Trinajstić information content (AvgIpc) is 3.23. The van der Waals surface area contributed by atoms with Gasteiger partial charge in [-0.15, -0.1) is 0 Å². The number of rotatable bonds is 4. The van der Waals surface area contributed by atoms with Gasteiger partial charge in [0.25, 0.3) is 0 Å². The van der Waals surface area contributed by atoms with Crippen LogP contribution in [0, 0.1) is 17.5 Å². The van der Waals surface area contributed by atoms with Gasteiger partial charge in [-0.2, -0.15) is 0 Å². The molecule has 0 unspecified atom stereocenters. The Morgan fingerprint density at radius 1 is 1.16 bits per heavy atom. The predicted molar refractivity (Wildman–Crippen MR) is 129 cm³/mol. The number of aromatic nitrogens is 2. The standard InChI is InChI=1S/C24H24F3N5O5/c1-24(2,3)37-23(36)29-11-4-5-31(9-11)21-16(27)6-12-19(33)13(22(34)35)10-32(20(12)30-21)18-8-17(28)14(25)7-15(18)26/h6-8,10-11H,4-5,9,28H2,1-3H3,(H,29,36)(H,34,35)/t11-/m0/s1. The van der Waals surface area contributed by atoms with Gasteiger partial charge in [0, 0.05) is 25.4 Å². The van der Waals surface area contributed by atoms with E-state index in [2.05, 4.69) is 10.3 Å². The Bertz CT molecular complexity index is 1480. The predicted octanol–water partition coefficient (Wildman–Crippen LogP) is 3.19. The molecule has 196 valence electrons. The minimum absolute atomic E-state index is 0.157. The Labute approximate surface area is 208 Å². The topological polar surface area (TPSA) is 140 Å². The third-order valence-electron chi connectivity index (χ3n) is 5.68. The summed E-state index contributed by atoms with van der Waals surface area (Å²) >= 11 is 0. The maximum Gasteiger partial charge on any atom is 0.407 e. The molecule has 0 radical (unpaired) electrons. The molecule has 10 nitrogen and oxygen atoms in total. The van der Waals surface area contributed by atoms with E-state index in [0.717, 1.165) is 22.9 Å². The van der Waals surface area contributed by atoms with Gasteiger partial charge in [-0.25, -0.2) is 27.7 Å². The SMILES string of the molecule is CC(C)(C)OC(=O)N[C@H]1CCN(c2nc3c(cc2F)c(=O)c(C(=O)O)cn3-c2cc(N)c(F)cc2F)C1. The number of carboxylic acids is 1. The van der Waals surface area contributed by atoms with Crippen LogP contribution in [0.25, 0.3) is 16.7 Å². The van der Waals surface area contributed by atoms with E-state index in [1.807, 2.05) is 0 Å². The number of ether oxygens (including phenoxy) is 1. The lowest BCUT2D eigenvalue weighted by Crippen LogP contribution is -2.40. The molecule has 1 aromatic carbocycles. The molecule has 0 aliphatic carbocycles. The first kappa shape index (κ1) is 25.8. The van der Waals surface area contributed by atoms with E-state index in [-0.39, 0.29) is 30.2 Å². The molecule has 1 fully saturated rings. The number of amides is 1. The molecule has 0 bridgehead atoms. The fraction of sp³-hybridized carbons (Fsp3) is 0.333. The van der Waals surface area contributed by atoms with Gasteiger partial charge >= 0.3 is 12.1 Å². The molecule has 4 rings (SSSR count). The number of nitrogens with one attached hydrogen (secondary N) is 1. The minimum Gasteiger partial charge on any atom is -0.477 e. The first-order valence-electron chi connectivity index (χ1n) is 11.2. The average molecular weight is 519 g/mol. The lowest BCUT2D eigenvalue weighted by molar-refractivity contribution is 0.0508. The molecule has 0 saturated carbocycles. The van der Waals surface area contributed by atoms with E-state index in [4.69, 9.17) is 10.5 Å². The number of anilines is 2. The molecule has 4 N–H and O–H groups in total. The molecule has 1 saturated heterocycles. The van der Waals surface area contributed by atoms with Crippen molar-refractivity contribution in [1.82, 2.24) is 14.9 Å². The molecule has 37 heavy (non-hydrogen) atoms.